The fraction of sp³-hybridized carbons (Fsp3) is 0.400. The number of anilines is 2. The summed E-state index contributed by atoms with van der Waals surface area (Å²) in [5.41, 5.74) is 3.04. The van der Waals surface area contributed by atoms with E-state index in [1.807, 2.05) is 39.0 Å². The second kappa shape index (κ2) is 17.1. The number of esters is 1. The molecule has 56 heavy (non-hydrogen) atoms. The van der Waals surface area contributed by atoms with Crippen LogP contribution in [0.2, 0.25) is 10.0 Å². The number of nitrogens with one attached hydrogen (secondary N) is 1. The predicted octanol–water partition coefficient (Wildman–Crippen LogP) is 8.04. The van der Waals surface area contributed by atoms with E-state index >= 15 is 0 Å². The van der Waals surface area contributed by atoms with E-state index in [9.17, 15) is 23.2 Å². The number of piperidine rings is 1. The molecule has 1 unspecified atom stereocenters. The zero-order valence-corrected chi connectivity index (χ0v) is 33.5. The van der Waals surface area contributed by atoms with Gasteiger partial charge < -0.3 is 14.8 Å². The number of hydrogen-bond acceptors (Lipinski definition) is 10. The van der Waals surface area contributed by atoms with Gasteiger partial charge in [-0.1, -0.05) is 67.4 Å². The molecule has 1 saturated heterocycles. The number of halogens is 4. The topological polar surface area (TPSA) is 133 Å². The average molecular weight is 811 g/mol. The molecule has 0 amide bonds. The summed E-state index contributed by atoms with van der Waals surface area (Å²) in [5, 5.41) is 3.34. The Morgan fingerprint density at radius 1 is 0.946 bits per heavy atom. The number of fused-ring (bicyclic) bond motifs is 2. The van der Waals surface area contributed by atoms with Gasteiger partial charge in [-0.3, -0.25) is 23.6 Å². The fourth-order valence-electron chi connectivity index (χ4n) is 7.51. The number of hydrogen-bond donors (Lipinski definition) is 1. The number of ether oxygens (including phenoxy) is 2. The van der Waals surface area contributed by atoms with Crippen LogP contribution in [0.3, 0.4) is 0 Å². The Hall–Kier alpha value is -4.92. The molecule has 0 spiro atoms. The van der Waals surface area contributed by atoms with Gasteiger partial charge in [-0.2, -0.15) is 0 Å². The van der Waals surface area contributed by atoms with Gasteiger partial charge >= 0.3 is 11.7 Å². The molecule has 0 radical (unpaired) electrons. The summed E-state index contributed by atoms with van der Waals surface area (Å²) in [5.74, 6) is -0.785. The maximum Gasteiger partial charge on any atom is 0.332 e. The molecule has 4 heterocycles. The lowest BCUT2D eigenvalue weighted by Crippen LogP contribution is -2.38. The molecular weight excluding hydrogens is 767 g/mol. The van der Waals surface area contributed by atoms with Crippen molar-refractivity contribution in [1.82, 2.24) is 29.0 Å². The van der Waals surface area contributed by atoms with Crippen LogP contribution in [-0.2, 0) is 30.0 Å². The van der Waals surface area contributed by atoms with Crippen LogP contribution in [0.15, 0.2) is 52.1 Å². The molecule has 12 nitrogen and oxygen atoms in total. The number of aromatic nitrogens is 5. The van der Waals surface area contributed by atoms with Gasteiger partial charge in [0.1, 0.15) is 11.2 Å². The van der Waals surface area contributed by atoms with Crippen molar-refractivity contribution in [2.45, 2.75) is 58.9 Å². The number of aryl methyl sites for hydroxylation is 2. The van der Waals surface area contributed by atoms with Gasteiger partial charge in [0, 0.05) is 42.4 Å². The Balaban J connectivity index is 0.00000262. The minimum atomic E-state index is -3.08. The molecule has 1 aliphatic heterocycles. The SMILES string of the molecule is CC.CCOC(=O)C1CCN(C2CCc3cc(-c4cccc(-c5cccc(Nc6nc(C(F)F)nc7c6c(=O)n(C)c(=O)n7C)c5Cl)c4Cl)nc(OC)c32)CC1. The Morgan fingerprint density at radius 3 is 2.27 bits per heavy atom. The number of pyridine rings is 1. The van der Waals surface area contributed by atoms with E-state index in [2.05, 4.69) is 20.2 Å². The van der Waals surface area contributed by atoms with Gasteiger partial charge in [0.2, 0.25) is 5.88 Å². The van der Waals surface area contributed by atoms with Crippen LogP contribution in [0.1, 0.15) is 69.5 Å². The van der Waals surface area contributed by atoms with Crippen LogP contribution in [0, 0.1) is 5.92 Å². The van der Waals surface area contributed by atoms with Crippen LogP contribution < -0.4 is 21.3 Å². The van der Waals surface area contributed by atoms with Gasteiger partial charge in [0.05, 0.1) is 41.1 Å². The monoisotopic (exact) mass is 809 g/mol. The van der Waals surface area contributed by atoms with E-state index in [0.717, 1.165) is 59.0 Å². The molecular formula is C40H43Cl2F2N7O5. The number of rotatable bonds is 9. The van der Waals surface area contributed by atoms with Crippen molar-refractivity contribution in [2.24, 2.45) is 20.0 Å². The van der Waals surface area contributed by atoms with Gasteiger partial charge in [0.25, 0.3) is 12.0 Å². The lowest BCUT2D eigenvalue weighted by atomic mass is 9.94. The molecule has 2 aliphatic rings. The number of carbonyl (C=O) groups is 1. The number of nitrogens with zero attached hydrogens (tertiary/aromatic N) is 6. The highest BCUT2D eigenvalue weighted by Crippen LogP contribution is 2.46. The highest BCUT2D eigenvalue weighted by molar-refractivity contribution is 6.39. The van der Waals surface area contributed by atoms with E-state index in [4.69, 9.17) is 37.7 Å². The van der Waals surface area contributed by atoms with Crippen LogP contribution in [-0.4, -0.2) is 61.8 Å². The average Bonchev–Trinajstić information content (AvgIpc) is 3.65. The van der Waals surface area contributed by atoms with Gasteiger partial charge in [-0.15, -0.1) is 0 Å². The van der Waals surface area contributed by atoms with Crippen LogP contribution in [0.4, 0.5) is 20.3 Å². The normalized spacial score (nSPS) is 15.7. The van der Waals surface area contributed by atoms with Gasteiger partial charge in [-0.05, 0) is 63.4 Å². The Bertz CT molecular complexity index is 2410. The number of carbonyl (C=O) groups excluding carboxylic acids is 1. The van der Waals surface area contributed by atoms with E-state index in [1.165, 1.54) is 14.1 Å². The predicted molar refractivity (Wildman–Crippen MR) is 213 cm³/mol. The summed E-state index contributed by atoms with van der Waals surface area (Å²) >= 11 is 14.1. The third-order valence-corrected chi connectivity index (χ3v) is 11.1. The van der Waals surface area contributed by atoms with E-state index < -0.39 is 23.5 Å². The fourth-order valence-corrected chi connectivity index (χ4v) is 8.11. The zero-order chi connectivity index (χ0) is 40.4. The summed E-state index contributed by atoms with van der Waals surface area (Å²) in [6.07, 6.45) is 0.124. The molecule has 2 aromatic carbocycles. The van der Waals surface area contributed by atoms with E-state index in [-0.39, 0.29) is 45.5 Å². The summed E-state index contributed by atoms with van der Waals surface area (Å²) in [4.78, 5) is 53.2. The molecule has 0 saturated carbocycles. The second-order valence-electron chi connectivity index (χ2n) is 13.3. The molecule has 1 N–H and O–H groups in total. The first-order valence-corrected chi connectivity index (χ1v) is 19.3. The van der Waals surface area contributed by atoms with Crippen molar-refractivity contribution in [1.29, 1.82) is 0 Å². The standard InChI is InChI=1S/C38H37Cl2F2N7O5.C2H6/c1-5-54-37(51)19-14-16-49(17-15-19)26-13-12-20-18-25(44-35(53-4)27(20)26)23-10-6-8-21(29(23)39)22-9-7-11-24(30(22)40)43-32-28-34(46-33(45-32)31(41)42)47(2)38(52)48(3)36(28)50;1-2/h6-11,18-19,26,31H,5,12-17H2,1-4H3,(H,43,45,46);1-2H3. The summed E-state index contributed by atoms with van der Waals surface area (Å²) in [6.45, 7) is 7.76. The second-order valence-corrected chi connectivity index (χ2v) is 14.1. The lowest BCUT2D eigenvalue weighted by Gasteiger charge is -2.35. The number of methoxy groups -OCH3 is 1. The molecule has 7 rings (SSSR count). The third kappa shape index (κ3) is 7.49. The Morgan fingerprint density at radius 2 is 1.61 bits per heavy atom. The molecule has 296 valence electrons. The molecule has 0 bridgehead atoms. The van der Waals surface area contributed by atoms with Crippen molar-refractivity contribution >= 4 is 51.7 Å². The molecule has 1 atom stereocenters. The van der Waals surface area contributed by atoms with Crippen LogP contribution in [0.25, 0.3) is 33.4 Å². The van der Waals surface area contributed by atoms with E-state index in [0.29, 0.717) is 39.9 Å². The first-order chi connectivity index (χ1) is 26.9. The van der Waals surface area contributed by atoms with Crippen molar-refractivity contribution in [3.8, 4) is 28.3 Å². The molecule has 5 aromatic rings. The maximum atomic E-state index is 13.9. The van der Waals surface area contributed by atoms with Crippen LogP contribution >= 0.6 is 23.2 Å². The largest absolute Gasteiger partial charge is 0.481 e. The summed E-state index contributed by atoms with van der Waals surface area (Å²) in [6, 6.07) is 12.7. The lowest BCUT2D eigenvalue weighted by molar-refractivity contribution is -0.149. The zero-order valence-electron chi connectivity index (χ0n) is 32.0. The third-order valence-electron chi connectivity index (χ3n) is 10.2. The number of alkyl halides is 2. The minimum absolute atomic E-state index is 0.0833. The van der Waals surface area contributed by atoms with Gasteiger partial charge in [0.15, 0.2) is 11.5 Å². The summed E-state index contributed by atoms with van der Waals surface area (Å²) in [7, 11) is 4.21. The summed E-state index contributed by atoms with van der Waals surface area (Å²) < 4.78 is 40.8. The maximum absolute atomic E-state index is 13.9. The smallest absolute Gasteiger partial charge is 0.332 e. The minimum Gasteiger partial charge on any atom is -0.481 e. The number of likely N-dealkylation sites (tertiary alicyclic amines) is 1. The van der Waals surface area contributed by atoms with Crippen molar-refractivity contribution < 1.29 is 23.0 Å². The Labute approximate surface area is 332 Å². The van der Waals surface area contributed by atoms with Crippen molar-refractivity contribution in [3.05, 3.63) is 90.3 Å². The van der Waals surface area contributed by atoms with E-state index in [1.54, 1.807) is 31.4 Å². The van der Waals surface area contributed by atoms with Crippen molar-refractivity contribution in [3.63, 3.8) is 0 Å². The Kier molecular flexibility index (Phi) is 12.4. The highest BCUT2D eigenvalue weighted by Gasteiger charge is 2.36. The molecule has 1 aliphatic carbocycles. The molecule has 16 heteroatoms. The highest BCUT2D eigenvalue weighted by atomic mass is 35.5. The number of benzene rings is 2. The first kappa shape index (κ1) is 40.7. The van der Waals surface area contributed by atoms with Crippen LogP contribution in [0.5, 0.6) is 5.88 Å². The van der Waals surface area contributed by atoms with Crippen molar-refractivity contribution in [2.75, 3.05) is 32.1 Å². The van der Waals surface area contributed by atoms with Gasteiger partial charge in [-0.25, -0.2) is 28.5 Å². The molecule has 3 aromatic heterocycles. The molecule has 1 fully saturated rings. The quantitative estimate of drug-likeness (QED) is 0.146. The first-order valence-electron chi connectivity index (χ1n) is 18.5.